The van der Waals surface area contributed by atoms with Crippen molar-refractivity contribution in [3.8, 4) is 0 Å². The molecular weight excluding hydrogens is 498 g/mol. The molecule has 0 bridgehead atoms. The van der Waals surface area contributed by atoms with Gasteiger partial charge in [-0.1, -0.05) is 12.5 Å². The average molecular weight is 546 g/mol. The first-order valence-electron chi connectivity index (χ1n) is 14.5. The van der Waals surface area contributed by atoms with E-state index >= 15 is 0 Å². The van der Waals surface area contributed by atoms with Crippen molar-refractivity contribution in [3.63, 3.8) is 0 Å². The number of aryl methyl sites for hydroxylation is 2. The van der Waals surface area contributed by atoms with Crippen LogP contribution in [0.25, 0.3) is 0 Å². The second-order valence-electron chi connectivity index (χ2n) is 12.0. The van der Waals surface area contributed by atoms with Crippen LogP contribution in [-0.4, -0.2) is 76.8 Å². The highest BCUT2D eigenvalue weighted by molar-refractivity contribution is 5.88. The van der Waals surface area contributed by atoms with Crippen LogP contribution in [0.3, 0.4) is 0 Å². The Morgan fingerprint density at radius 3 is 2.46 bits per heavy atom. The van der Waals surface area contributed by atoms with Crippen molar-refractivity contribution in [2.45, 2.75) is 104 Å². The van der Waals surface area contributed by atoms with Crippen LogP contribution in [0.5, 0.6) is 0 Å². The number of amides is 1. The van der Waals surface area contributed by atoms with Crippen molar-refractivity contribution in [2.24, 2.45) is 5.92 Å². The Labute approximate surface area is 233 Å². The lowest BCUT2D eigenvalue weighted by molar-refractivity contribution is -0.164. The number of nitrogens with zero attached hydrogens (tertiary/aromatic N) is 3. The maximum Gasteiger partial charge on any atom is 0.416 e. The maximum atomic E-state index is 12.7. The molecule has 1 N–H and O–H groups in total. The van der Waals surface area contributed by atoms with Gasteiger partial charge in [0.1, 0.15) is 17.2 Å². The SMILES string of the molecule is CCOC(=O)C(CC(C)=O)C1(O)CCN(CCCCCc2ccc3c(n2)N(C(=O)OC(C)(C)C)CCC3)CC1. The number of aliphatic hydroxyl groups is 1. The van der Waals surface area contributed by atoms with Crippen LogP contribution in [0.15, 0.2) is 12.1 Å². The molecule has 3 rings (SSSR count). The Morgan fingerprint density at radius 2 is 1.82 bits per heavy atom. The number of carbonyl (C=O) groups excluding carboxylic acids is 3. The van der Waals surface area contributed by atoms with Gasteiger partial charge >= 0.3 is 12.1 Å². The Morgan fingerprint density at radius 1 is 1.10 bits per heavy atom. The summed E-state index contributed by atoms with van der Waals surface area (Å²) < 4.78 is 10.7. The molecule has 3 heterocycles. The summed E-state index contributed by atoms with van der Waals surface area (Å²) in [5.74, 6) is -0.657. The van der Waals surface area contributed by atoms with E-state index in [1.54, 1.807) is 11.8 Å². The smallest absolute Gasteiger partial charge is 0.416 e. The highest BCUT2D eigenvalue weighted by atomic mass is 16.6. The van der Waals surface area contributed by atoms with E-state index in [4.69, 9.17) is 14.5 Å². The van der Waals surface area contributed by atoms with Crippen LogP contribution < -0.4 is 4.90 Å². The monoisotopic (exact) mass is 545 g/mol. The first-order chi connectivity index (χ1) is 18.4. The van der Waals surface area contributed by atoms with E-state index in [0.717, 1.165) is 62.1 Å². The fraction of sp³-hybridized carbons (Fsp3) is 0.733. The molecule has 2 aliphatic heterocycles. The maximum absolute atomic E-state index is 12.7. The molecule has 1 aromatic rings. The van der Waals surface area contributed by atoms with E-state index in [9.17, 15) is 19.5 Å². The van der Waals surface area contributed by atoms with E-state index in [0.29, 0.717) is 32.5 Å². The number of unbranched alkanes of at least 4 members (excludes halogenated alkanes) is 2. The molecule has 1 aromatic heterocycles. The summed E-state index contributed by atoms with van der Waals surface area (Å²) in [4.78, 5) is 45.7. The molecule has 0 saturated carbocycles. The summed E-state index contributed by atoms with van der Waals surface area (Å²) >= 11 is 0. The second-order valence-corrected chi connectivity index (χ2v) is 12.0. The fourth-order valence-electron chi connectivity index (χ4n) is 5.47. The average Bonchev–Trinajstić information content (AvgIpc) is 2.86. The van der Waals surface area contributed by atoms with E-state index in [1.807, 2.05) is 20.8 Å². The van der Waals surface area contributed by atoms with Crippen molar-refractivity contribution in [1.82, 2.24) is 9.88 Å². The van der Waals surface area contributed by atoms with Gasteiger partial charge in [0.25, 0.3) is 0 Å². The Bertz CT molecular complexity index is 997. The first kappa shape index (κ1) is 31.0. The number of aromatic nitrogens is 1. The minimum absolute atomic E-state index is 0.0155. The summed E-state index contributed by atoms with van der Waals surface area (Å²) in [6.07, 6.45) is 6.34. The number of piperidine rings is 1. The van der Waals surface area contributed by atoms with Crippen LogP contribution in [0.4, 0.5) is 10.6 Å². The lowest BCUT2D eigenvalue weighted by atomic mass is 9.77. The van der Waals surface area contributed by atoms with Crippen LogP contribution in [0.2, 0.25) is 0 Å². The molecule has 2 aliphatic rings. The van der Waals surface area contributed by atoms with Gasteiger partial charge in [0.05, 0.1) is 18.1 Å². The molecule has 0 radical (unpaired) electrons. The molecule has 0 aliphatic carbocycles. The number of hydrogen-bond acceptors (Lipinski definition) is 8. The quantitative estimate of drug-likeness (QED) is 0.321. The molecule has 1 atom stereocenters. The van der Waals surface area contributed by atoms with Gasteiger partial charge in [0, 0.05) is 31.7 Å². The molecule has 218 valence electrons. The summed E-state index contributed by atoms with van der Waals surface area (Å²) in [6.45, 7) is 12.0. The molecule has 39 heavy (non-hydrogen) atoms. The van der Waals surface area contributed by atoms with Crippen molar-refractivity contribution in [1.29, 1.82) is 0 Å². The molecular formula is C30H47N3O6. The van der Waals surface area contributed by atoms with Crippen LogP contribution >= 0.6 is 0 Å². The number of anilines is 1. The van der Waals surface area contributed by atoms with Gasteiger partial charge < -0.3 is 24.3 Å². The molecule has 9 heteroatoms. The number of pyridine rings is 1. The van der Waals surface area contributed by atoms with Crippen molar-refractivity contribution in [2.75, 3.05) is 37.7 Å². The van der Waals surface area contributed by atoms with Crippen LogP contribution in [-0.2, 0) is 31.9 Å². The van der Waals surface area contributed by atoms with Crippen molar-refractivity contribution >= 4 is 23.7 Å². The van der Waals surface area contributed by atoms with Gasteiger partial charge in [-0.05, 0) is 97.7 Å². The zero-order valence-corrected chi connectivity index (χ0v) is 24.5. The predicted molar refractivity (Wildman–Crippen MR) is 150 cm³/mol. The van der Waals surface area contributed by atoms with Gasteiger partial charge in [-0.3, -0.25) is 9.69 Å². The highest BCUT2D eigenvalue weighted by Crippen LogP contribution is 2.33. The Hall–Kier alpha value is -2.52. The standard InChI is InChI=1S/C30H47N3O6/c1-6-38-27(35)25(21-22(2)34)30(37)15-19-32(20-16-30)17-9-7-8-12-24-14-13-23-11-10-18-33(26(23)31-24)28(36)39-29(3,4)5/h13-14,25,37H,6-12,15-21H2,1-5H3. The number of carbonyl (C=O) groups is 3. The number of Topliss-reactive ketones (excluding diaryl/α,β-unsaturated/α-hetero) is 1. The Balaban J connectivity index is 1.44. The van der Waals surface area contributed by atoms with Crippen LogP contribution in [0, 0.1) is 5.92 Å². The zero-order valence-electron chi connectivity index (χ0n) is 24.5. The van der Waals surface area contributed by atoms with Gasteiger partial charge in [0.15, 0.2) is 0 Å². The van der Waals surface area contributed by atoms with Crippen molar-refractivity contribution in [3.05, 3.63) is 23.4 Å². The molecule has 1 fully saturated rings. The lowest BCUT2D eigenvalue weighted by Crippen LogP contribution is -2.52. The lowest BCUT2D eigenvalue weighted by Gasteiger charge is -2.41. The first-order valence-corrected chi connectivity index (χ1v) is 14.5. The van der Waals surface area contributed by atoms with Crippen molar-refractivity contribution < 1.29 is 29.0 Å². The number of esters is 1. The third-order valence-electron chi connectivity index (χ3n) is 7.55. The summed E-state index contributed by atoms with van der Waals surface area (Å²) in [6, 6.07) is 4.17. The number of rotatable bonds is 11. The van der Waals surface area contributed by atoms with E-state index in [2.05, 4.69) is 17.0 Å². The fourth-order valence-corrected chi connectivity index (χ4v) is 5.47. The summed E-state index contributed by atoms with van der Waals surface area (Å²) in [5.41, 5.74) is 0.341. The predicted octanol–water partition coefficient (Wildman–Crippen LogP) is 4.47. The second kappa shape index (κ2) is 13.7. The van der Waals surface area contributed by atoms with E-state index < -0.39 is 23.1 Å². The zero-order chi connectivity index (χ0) is 28.6. The molecule has 1 saturated heterocycles. The number of fused-ring (bicyclic) bond motifs is 1. The normalized spacial score (nSPS) is 18.3. The third-order valence-corrected chi connectivity index (χ3v) is 7.55. The number of hydrogen-bond donors (Lipinski definition) is 1. The number of ketones is 1. The largest absolute Gasteiger partial charge is 0.466 e. The minimum atomic E-state index is -1.19. The van der Waals surface area contributed by atoms with E-state index in [1.165, 1.54) is 6.92 Å². The summed E-state index contributed by atoms with van der Waals surface area (Å²) in [5, 5.41) is 11.2. The highest BCUT2D eigenvalue weighted by Gasteiger charge is 2.44. The topological polar surface area (TPSA) is 109 Å². The number of likely N-dealkylation sites (tertiary alicyclic amines) is 1. The molecule has 9 nitrogen and oxygen atoms in total. The summed E-state index contributed by atoms with van der Waals surface area (Å²) in [7, 11) is 0. The van der Waals surface area contributed by atoms with Gasteiger partial charge in [-0.25, -0.2) is 9.78 Å². The van der Waals surface area contributed by atoms with Gasteiger partial charge in [-0.15, -0.1) is 0 Å². The van der Waals surface area contributed by atoms with Gasteiger partial charge in [-0.2, -0.15) is 0 Å². The van der Waals surface area contributed by atoms with E-state index in [-0.39, 0.29) is 24.9 Å². The third kappa shape index (κ3) is 9.00. The molecule has 1 unspecified atom stereocenters. The minimum Gasteiger partial charge on any atom is -0.466 e. The molecule has 0 aromatic carbocycles. The van der Waals surface area contributed by atoms with Gasteiger partial charge in [0.2, 0.25) is 0 Å². The molecule has 0 spiro atoms. The number of ether oxygens (including phenoxy) is 2. The van der Waals surface area contributed by atoms with Crippen LogP contribution in [0.1, 0.15) is 90.8 Å². The Kier molecular flexibility index (Phi) is 10.9. The molecule has 1 amide bonds.